The van der Waals surface area contributed by atoms with E-state index in [0.29, 0.717) is 37.8 Å². The van der Waals surface area contributed by atoms with Crippen molar-refractivity contribution in [3.05, 3.63) is 11.7 Å². The maximum atomic E-state index is 12.3. The first-order valence-electron chi connectivity index (χ1n) is 9.03. The Balaban J connectivity index is 1.94. The molecule has 3 amide bonds. The van der Waals surface area contributed by atoms with Crippen molar-refractivity contribution in [2.75, 3.05) is 26.7 Å². The minimum atomic E-state index is -0.0735. The highest BCUT2D eigenvalue weighted by molar-refractivity contribution is 5.75. The maximum absolute atomic E-state index is 12.3. The summed E-state index contributed by atoms with van der Waals surface area (Å²) in [6.07, 6.45) is 2.26. The molecule has 2 heterocycles. The van der Waals surface area contributed by atoms with Crippen molar-refractivity contribution in [3.8, 4) is 0 Å². The summed E-state index contributed by atoms with van der Waals surface area (Å²) >= 11 is 0. The van der Waals surface area contributed by atoms with Crippen molar-refractivity contribution in [2.45, 2.75) is 58.7 Å². The van der Waals surface area contributed by atoms with E-state index in [2.05, 4.69) is 15.5 Å². The van der Waals surface area contributed by atoms with Crippen LogP contribution in [-0.2, 0) is 22.6 Å². The summed E-state index contributed by atoms with van der Waals surface area (Å²) in [7, 11) is 1.56. The lowest BCUT2D eigenvalue weighted by molar-refractivity contribution is -0.132. The summed E-state index contributed by atoms with van der Waals surface area (Å²) in [4.78, 5) is 32.2. The van der Waals surface area contributed by atoms with E-state index in [9.17, 15) is 9.59 Å². The fraction of sp³-hybridized carbons (Fsp3) is 0.765. The fourth-order valence-electron chi connectivity index (χ4n) is 3.12. The van der Waals surface area contributed by atoms with Gasteiger partial charge in [-0.2, -0.15) is 4.98 Å². The van der Waals surface area contributed by atoms with Crippen LogP contribution in [0.4, 0.5) is 4.79 Å². The molecule has 1 aliphatic heterocycles. The molecule has 1 fully saturated rings. The number of amides is 3. The van der Waals surface area contributed by atoms with Crippen molar-refractivity contribution < 1.29 is 18.8 Å². The first-order chi connectivity index (χ1) is 12.4. The van der Waals surface area contributed by atoms with E-state index in [0.717, 1.165) is 12.8 Å². The third-order valence-electron chi connectivity index (χ3n) is 4.30. The highest BCUT2D eigenvalue weighted by Gasteiger charge is 2.29. The van der Waals surface area contributed by atoms with Gasteiger partial charge in [0.05, 0.1) is 0 Å². The largest absolute Gasteiger partial charge is 0.375 e. The van der Waals surface area contributed by atoms with Crippen molar-refractivity contribution in [1.29, 1.82) is 0 Å². The Hall–Kier alpha value is -2.16. The average Bonchev–Trinajstić information content (AvgIpc) is 3.02. The third-order valence-corrected chi connectivity index (χ3v) is 4.30. The molecule has 0 bridgehead atoms. The number of piperidine rings is 1. The third kappa shape index (κ3) is 5.69. The molecule has 2 rings (SSSR count). The second kappa shape index (κ2) is 9.51. The first kappa shape index (κ1) is 20.2. The Labute approximate surface area is 154 Å². The lowest BCUT2D eigenvalue weighted by Crippen LogP contribution is -2.54. The maximum Gasteiger partial charge on any atom is 0.317 e. The number of likely N-dealkylation sites (tertiary alicyclic amines) is 1. The summed E-state index contributed by atoms with van der Waals surface area (Å²) in [5, 5.41) is 6.82. The Kier molecular flexibility index (Phi) is 7.38. The van der Waals surface area contributed by atoms with Gasteiger partial charge in [0.1, 0.15) is 6.61 Å². The van der Waals surface area contributed by atoms with E-state index in [1.54, 1.807) is 23.8 Å². The Morgan fingerprint density at radius 2 is 2.23 bits per heavy atom. The summed E-state index contributed by atoms with van der Waals surface area (Å²) in [5.74, 6) is 0.960. The predicted octanol–water partition coefficient (Wildman–Crippen LogP) is 1.19. The summed E-state index contributed by atoms with van der Waals surface area (Å²) < 4.78 is 10.0. The normalized spacial score (nSPS) is 17.4. The molecule has 26 heavy (non-hydrogen) atoms. The number of carbonyl (C=O) groups excluding carboxylic acids is 2. The SMILES string of the molecule is COCc1nc(CCN(C(C)=O)C2CCCN(C(=O)NC(C)C)C2)no1. The molecule has 1 aromatic heterocycles. The van der Waals surface area contributed by atoms with Gasteiger partial charge in [-0.25, -0.2) is 4.79 Å². The molecular formula is C17H29N5O4. The number of rotatable bonds is 7. The van der Waals surface area contributed by atoms with Crippen LogP contribution in [-0.4, -0.2) is 70.7 Å². The van der Waals surface area contributed by atoms with E-state index in [-0.39, 0.29) is 30.6 Å². The van der Waals surface area contributed by atoms with E-state index in [1.165, 1.54) is 0 Å². The van der Waals surface area contributed by atoms with Crippen LogP contribution in [0.2, 0.25) is 0 Å². The minimum Gasteiger partial charge on any atom is -0.375 e. The topological polar surface area (TPSA) is 101 Å². The van der Waals surface area contributed by atoms with Gasteiger partial charge in [-0.3, -0.25) is 4.79 Å². The van der Waals surface area contributed by atoms with Gasteiger partial charge in [0.25, 0.3) is 5.89 Å². The molecule has 9 heteroatoms. The van der Waals surface area contributed by atoms with Crippen LogP contribution in [0.5, 0.6) is 0 Å². The molecule has 0 aromatic carbocycles. The second-order valence-electron chi connectivity index (χ2n) is 6.85. The number of ether oxygens (including phenoxy) is 1. The molecule has 1 N–H and O–H groups in total. The van der Waals surface area contributed by atoms with E-state index >= 15 is 0 Å². The van der Waals surface area contributed by atoms with E-state index in [4.69, 9.17) is 9.26 Å². The molecule has 0 spiro atoms. The average molecular weight is 367 g/mol. The molecule has 9 nitrogen and oxygen atoms in total. The highest BCUT2D eigenvalue weighted by Crippen LogP contribution is 2.17. The molecule has 1 saturated heterocycles. The Morgan fingerprint density at radius 1 is 1.46 bits per heavy atom. The lowest BCUT2D eigenvalue weighted by atomic mass is 10.0. The van der Waals surface area contributed by atoms with Crippen molar-refractivity contribution >= 4 is 11.9 Å². The van der Waals surface area contributed by atoms with Gasteiger partial charge in [-0.1, -0.05) is 5.16 Å². The lowest BCUT2D eigenvalue weighted by Gasteiger charge is -2.39. The smallest absolute Gasteiger partial charge is 0.317 e. The summed E-state index contributed by atoms with van der Waals surface area (Å²) in [6, 6.07) is 0.0198. The number of urea groups is 1. The predicted molar refractivity (Wildman–Crippen MR) is 94.4 cm³/mol. The number of nitrogens with one attached hydrogen (secondary N) is 1. The zero-order chi connectivity index (χ0) is 19.1. The summed E-state index contributed by atoms with van der Waals surface area (Å²) in [6.45, 7) is 7.44. The van der Waals surface area contributed by atoms with Crippen LogP contribution in [0.15, 0.2) is 4.52 Å². The number of hydrogen-bond acceptors (Lipinski definition) is 6. The molecule has 146 valence electrons. The standard InChI is InChI=1S/C17H29N5O4/c1-12(2)18-17(24)21-8-5-6-14(10-21)22(13(3)23)9-7-15-19-16(11-25-4)26-20-15/h12,14H,5-11H2,1-4H3,(H,18,24). The van der Waals surface area contributed by atoms with Crippen LogP contribution in [0, 0.1) is 0 Å². The second-order valence-corrected chi connectivity index (χ2v) is 6.85. The molecular weight excluding hydrogens is 338 g/mol. The van der Waals surface area contributed by atoms with Gasteiger partial charge in [0.15, 0.2) is 5.82 Å². The molecule has 1 aliphatic rings. The van der Waals surface area contributed by atoms with Gasteiger partial charge >= 0.3 is 6.03 Å². The van der Waals surface area contributed by atoms with Crippen LogP contribution in [0.3, 0.4) is 0 Å². The monoisotopic (exact) mass is 367 g/mol. The summed E-state index contributed by atoms with van der Waals surface area (Å²) in [5.41, 5.74) is 0. The highest BCUT2D eigenvalue weighted by atomic mass is 16.5. The molecule has 1 atom stereocenters. The zero-order valence-corrected chi connectivity index (χ0v) is 16.0. The number of nitrogens with zero attached hydrogens (tertiary/aromatic N) is 4. The Morgan fingerprint density at radius 3 is 2.88 bits per heavy atom. The number of hydrogen-bond donors (Lipinski definition) is 1. The van der Waals surface area contributed by atoms with E-state index in [1.807, 2.05) is 13.8 Å². The van der Waals surface area contributed by atoms with Crippen molar-refractivity contribution in [1.82, 2.24) is 25.3 Å². The van der Waals surface area contributed by atoms with Gasteiger partial charge in [0.2, 0.25) is 5.91 Å². The number of aromatic nitrogens is 2. The van der Waals surface area contributed by atoms with Crippen molar-refractivity contribution in [3.63, 3.8) is 0 Å². The van der Waals surface area contributed by atoms with Crippen LogP contribution >= 0.6 is 0 Å². The molecule has 1 unspecified atom stereocenters. The molecule has 1 aromatic rings. The van der Waals surface area contributed by atoms with Crippen molar-refractivity contribution in [2.24, 2.45) is 0 Å². The van der Waals surface area contributed by atoms with Crippen LogP contribution < -0.4 is 5.32 Å². The van der Waals surface area contributed by atoms with Gasteiger partial charge < -0.3 is 24.4 Å². The molecule has 0 aliphatic carbocycles. The molecule has 0 radical (unpaired) electrons. The van der Waals surface area contributed by atoms with Gasteiger partial charge in [-0.05, 0) is 26.7 Å². The van der Waals surface area contributed by atoms with Crippen LogP contribution in [0.25, 0.3) is 0 Å². The number of methoxy groups -OCH3 is 1. The number of carbonyl (C=O) groups is 2. The fourth-order valence-corrected chi connectivity index (χ4v) is 3.12. The van der Waals surface area contributed by atoms with Gasteiger partial charge in [-0.15, -0.1) is 0 Å². The van der Waals surface area contributed by atoms with E-state index < -0.39 is 0 Å². The quantitative estimate of drug-likeness (QED) is 0.777. The Bertz CT molecular complexity index is 604. The van der Waals surface area contributed by atoms with Gasteiger partial charge in [0, 0.05) is 52.2 Å². The minimum absolute atomic E-state index is 0.00417. The first-order valence-corrected chi connectivity index (χ1v) is 9.03. The zero-order valence-electron chi connectivity index (χ0n) is 16.0. The van der Waals surface area contributed by atoms with Crippen LogP contribution in [0.1, 0.15) is 45.3 Å². The molecule has 0 saturated carbocycles.